The molecule has 1 rings (SSSR count). The summed E-state index contributed by atoms with van der Waals surface area (Å²) in [5.74, 6) is -0.250. The van der Waals surface area contributed by atoms with E-state index in [2.05, 4.69) is 19.9 Å². The molecule has 0 aliphatic heterocycles. The molecule has 0 radical (unpaired) electrons. The van der Waals surface area contributed by atoms with Gasteiger partial charge in [0.05, 0.1) is 13.2 Å². The molecule has 0 aromatic heterocycles. The molecule has 0 amide bonds. The first-order valence-corrected chi connectivity index (χ1v) is 11.3. The van der Waals surface area contributed by atoms with Crippen molar-refractivity contribution in [2.24, 2.45) is 0 Å². The van der Waals surface area contributed by atoms with E-state index in [9.17, 15) is 9.59 Å². The summed E-state index contributed by atoms with van der Waals surface area (Å²) in [6.07, 6.45) is 11.2. The second-order valence-corrected chi connectivity index (χ2v) is 7.35. The zero-order valence-corrected chi connectivity index (χ0v) is 18.6. The summed E-state index contributed by atoms with van der Waals surface area (Å²) in [5, 5.41) is 0. The van der Waals surface area contributed by atoms with Crippen LogP contribution >= 0.6 is 0 Å². The van der Waals surface area contributed by atoms with Crippen LogP contribution in [0.2, 0.25) is 0 Å². The lowest BCUT2D eigenvalue weighted by Crippen LogP contribution is -2.21. The third-order valence-corrected chi connectivity index (χ3v) is 4.72. The standard InChI is InChI=1S/C25H38O5/c1-3-5-7-12-16-23(17-18-24(26)28-20-13-8-6-4-2)30-25(27)29-21-19-22-14-10-9-11-15-22/h6,8-11,14-15,23H,3-5,7,12-13,16-21H2,1-2H3/b8-6+. The van der Waals surface area contributed by atoms with E-state index in [1.165, 1.54) is 0 Å². The van der Waals surface area contributed by atoms with E-state index in [4.69, 9.17) is 14.2 Å². The zero-order valence-electron chi connectivity index (χ0n) is 18.6. The van der Waals surface area contributed by atoms with Gasteiger partial charge in [0, 0.05) is 12.8 Å². The van der Waals surface area contributed by atoms with Crippen LogP contribution in [0.25, 0.3) is 0 Å². The highest BCUT2D eigenvalue weighted by Crippen LogP contribution is 2.15. The fourth-order valence-electron chi connectivity index (χ4n) is 3.00. The quantitative estimate of drug-likeness (QED) is 0.176. The molecule has 0 aliphatic carbocycles. The highest BCUT2D eigenvalue weighted by molar-refractivity contribution is 5.69. The minimum Gasteiger partial charge on any atom is -0.465 e. The van der Waals surface area contributed by atoms with Gasteiger partial charge in [0.15, 0.2) is 0 Å². The van der Waals surface area contributed by atoms with Crippen LogP contribution in [0, 0.1) is 0 Å². The highest BCUT2D eigenvalue weighted by Gasteiger charge is 2.17. The number of esters is 1. The highest BCUT2D eigenvalue weighted by atomic mass is 16.7. The van der Waals surface area contributed by atoms with Crippen molar-refractivity contribution in [3.63, 3.8) is 0 Å². The Labute approximate surface area is 181 Å². The first-order chi connectivity index (χ1) is 14.7. The van der Waals surface area contributed by atoms with E-state index in [0.717, 1.165) is 50.5 Å². The van der Waals surface area contributed by atoms with E-state index < -0.39 is 6.16 Å². The number of hydrogen-bond donors (Lipinski definition) is 0. The van der Waals surface area contributed by atoms with E-state index in [1.807, 2.05) is 36.4 Å². The van der Waals surface area contributed by atoms with Gasteiger partial charge in [0.1, 0.15) is 6.10 Å². The SMILES string of the molecule is CC/C=C/CCOC(=O)CCC(CCCCCC)OC(=O)OCCc1ccccc1. The zero-order chi connectivity index (χ0) is 21.9. The van der Waals surface area contributed by atoms with Crippen LogP contribution < -0.4 is 0 Å². The van der Waals surface area contributed by atoms with E-state index in [0.29, 0.717) is 19.4 Å². The molecule has 1 aromatic carbocycles. The Bertz CT molecular complexity index is 597. The van der Waals surface area contributed by atoms with Crippen molar-refractivity contribution in [2.45, 2.75) is 84.2 Å². The van der Waals surface area contributed by atoms with Crippen molar-refractivity contribution in [1.29, 1.82) is 0 Å². The fraction of sp³-hybridized carbons (Fsp3) is 0.600. The number of allylic oxidation sites excluding steroid dienone is 1. The average molecular weight is 419 g/mol. The first-order valence-electron chi connectivity index (χ1n) is 11.3. The maximum atomic E-state index is 12.1. The molecule has 0 heterocycles. The molecule has 0 saturated carbocycles. The van der Waals surface area contributed by atoms with Crippen LogP contribution in [0.15, 0.2) is 42.5 Å². The normalized spacial score (nSPS) is 11.9. The number of carbonyl (C=O) groups excluding carboxylic acids is 2. The van der Waals surface area contributed by atoms with Gasteiger partial charge in [-0.2, -0.15) is 0 Å². The number of ether oxygens (including phenoxy) is 3. The Balaban J connectivity index is 2.34. The summed E-state index contributed by atoms with van der Waals surface area (Å²) in [6, 6.07) is 9.86. The molecule has 1 aromatic rings. The van der Waals surface area contributed by atoms with E-state index in [-0.39, 0.29) is 25.1 Å². The predicted octanol–water partition coefficient (Wildman–Crippen LogP) is 6.40. The van der Waals surface area contributed by atoms with Gasteiger partial charge in [-0.1, -0.05) is 75.6 Å². The molecule has 168 valence electrons. The topological polar surface area (TPSA) is 61.8 Å². The fourth-order valence-corrected chi connectivity index (χ4v) is 3.00. The molecule has 1 unspecified atom stereocenters. The number of benzene rings is 1. The summed E-state index contributed by atoms with van der Waals surface area (Å²) in [5.41, 5.74) is 1.11. The maximum Gasteiger partial charge on any atom is 0.508 e. The summed E-state index contributed by atoms with van der Waals surface area (Å²) in [4.78, 5) is 24.0. The Hall–Kier alpha value is -2.30. The van der Waals surface area contributed by atoms with Crippen molar-refractivity contribution in [2.75, 3.05) is 13.2 Å². The number of unbranched alkanes of at least 4 members (excludes halogenated alkanes) is 3. The molecule has 5 heteroatoms. The van der Waals surface area contributed by atoms with Crippen molar-refractivity contribution in [1.82, 2.24) is 0 Å². The van der Waals surface area contributed by atoms with Crippen molar-refractivity contribution in [3.05, 3.63) is 48.0 Å². The molecule has 0 aliphatic rings. The van der Waals surface area contributed by atoms with Crippen LogP contribution in [0.1, 0.15) is 77.2 Å². The largest absolute Gasteiger partial charge is 0.508 e. The van der Waals surface area contributed by atoms with Crippen LogP contribution in [-0.4, -0.2) is 31.4 Å². The van der Waals surface area contributed by atoms with Crippen LogP contribution in [0.3, 0.4) is 0 Å². The van der Waals surface area contributed by atoms with Crippen molar-refractivity contribution >= 4 is 12.1 Å². The molecule has 0 fully saturated rings. The van der Waals surface area contributed by atoms with Crippen molar-refractivity contribution in [3.8, 4) is 0 Å². The van der Waals surface area contributed by atoms with Gasteiger partial charge in [0.2, 0.25) is 0 Å². The number of carbonyl (C=O) groups is 2. The Morgan fingerprint density at radius 3 is 2.47 bits per heavy atom. The maximum absolute atomic E-state index is 12.1. The molecule has 30 heavy (non-hydrogen) atoms. The third-order valence-electron chi connectivity index (χ3n) is 4.72. The molecular formula is C25H38O5. The Kier molecular flexibility index (Phi) is 15.1. The second-order valence-electron chi connectivity index (χ2n) is 7.35. The average Bonchev–Trinajstić information content (AvgIpc) is 2.75. The smallest absolute Gasteiger partial charge is 0.465 e. The van der Waals surface area contributed by atoms with Crippen LogP contribution in [0.5, 0.6) is 0 Å². The predicted molar refractivity (Wildman–Crippen MR) is 119 cm³/mol. The van der Waals surface area contributed by atoms with Gasteiger partial charge in [-0.25, -0.2) is 4.79 Å². The monoisotopic (exact) mass is 418 g/mol. The summed E-state index contributed by atoms with van der Waals surface area (Å²) in [7, 11) is 0. The molecular weight excluding hydrogens is 380 g/mol. The van der Waals surface area contributed by atoms with E-state index in [1.54, 1.807) is 0 Å². The van der Waals surface area contributed by atoms with Gasteiger partial charge in [-0.3, -0.25) is 4.79 Å². The van der Waals surface area contributed by atoms with Crippen LogP contribution in [-0.2, 0) is 25.4 Å². The van der Waals surface area contributed by atoms with Gasteiger partial charge in [-0.15, -0.1) is 0 Å². The molecule has 5 nitrogen and oxygen atoms in total. The van der Waals surface area contributed by atoms with E-state index >= 15 is 0 Å². The minimum atomic E-state index is -0.663. The van der Waals surface area contributed by atoms with Crippen LogP contribution in [0.4, 0.5) is 4.79 Å². The summed E-state index contributed by atoms with van der Waals surface area (Å²) >= 11 is 0. The summed E-state index contributed by atoms with van der Waals surface area (Å²) in [6.45, 7) is 4.89. The van der Waals surface area contributed by atoms with Crippen molar-refractivity contribution < 1.29 is 23.8 Å². The lowest BCUT2D eigenvalue weighted by molar-refractivity contribution is -0.144. The van der Waals surface area contributed by atoms with Gasteiger partial charge in [-0.05, 0) is 37.7 Å². The lowest BCUT2D eigenvalue weighted by Gasteiger charge is -2.17. The summed E-state index contributed by atoms with van der Waals surface area (Å²) < 4.78 is 16.0. The minimum absolute atomic E-state index is 0.243. The van der Waals surface area contributed by atoms with Gasteiger partial charge in [0.25, 0.3) is 0 Å². The molecule has 0 saturated heterocycles. The second kappa shape index (κ2) is 17.5. The molecule has 0 N–H and O–H groups in total. The molecule has 0 bridgehead atoms. The lowest BCUT2D eigenvalue weighted by atomic mass is 10.1. The molecule has 1 atom stereocenters. The molecule has 0 spiro atoms. The van der Waals surface area contributed by atoms with Gasteiger partial charge < -0.3 is 14.2 Å². The van der Waals surface area contributed by atoms with Gasteiger partial charge >= 0.3 is 12.1 Å². The first kappa shape index (κ1) is 25.7. The number of rotatable bonds is 16. The number of hydrogen-bond acceptors (Lipinski definition) is 5. The Morgan fingerprint density at radius 2 is 1.73 bits per heavy atom. The Morgan fingerprint density at radius 1 is 0.933 bits per heavy atom. The third kappa shape index (κ3) is 13.8.